The maximum Gasteiger partial charge on any atom is 0.303 e. The Hall–Kier alpha value is -1.78. The average molecular weight is 225 g/mol. The molecule has 1 aromatic heterocycles. The zero-order chi connectivity index (χ0) is 11.8. The largest absolute Gasteiger partial charge is 0.481 e. The summed E-state index contributed by atoms with van der Waals surface area (Å²) in [6.45, 7) is 0.380. The van der Waals surface area contributed by atoms with Gasteiger partial charge in [-0.2, -0.15) is 0 Å². The van der Waals surface area contributed by atoms with Gasteiger partial charge >= 0.3 is 5.97 Å². The summed E-state index contributed by atoms with van der Waals surface area (Å²) < 4.78 is 5.05. The number of carboxylic acid groups (broad SMARTS) is 1. The van der Waals surface area contributed by atoms with Gasteiger partial charge in [0.05, 0.1) is 12.8 Å². The summed E-state index contributed by atoms with van der Waals surface area (Å²) >= 11 is 0. The fourth-order valence-electron chi connectivity index (χ4n) is 1.25. The number of unbranched alkanes of at least 4 members (excludes halogenated alkanes) is 1. The maximum atomic E-state index is 11.3. The van der Waals surface area contributed by atoms with Crippen molar-refractivity contribution in [1.29, 1.82) is 0 Å². The van der Waals surface area contributed by atoms with Crippen LogP contribution in [0.15, 0.2) is 22.8 Å². The van der Waals surface area contributed by atoms with Crippen LogP contribution in [0.4, 0.5) is 0 Å². The molecule has 0 spiro atoms. The molecule has 0 aliphatic carbocycles. The van der Waals surface area contributed by atoms with Gasteiger partial charge in [-0.1, -0.05) is 0 Å². The fourth-order valence-corrected chi connectivity index (χ4v) is 1.25. The first kappa shape index (κ1) is 12.3. The Labute approximate surface area is 93.4 Å². The quantitative estimate of drug-likeness (QED) is 0.690. The van der Waals surface area contributed by atoms with Crippen molar-refractivity contribution in [3.05, 3.63) is 24.2 Å². The molecule has 1 amide bonds. The lowest BCUT2D eigenvalue weighted by Crippen LogP contribution is -2.22. The molecule has 1 heterocycles. The smallest absolute Gasteiger partial charge is 0.303 e. The van der Waals surface area contributed by atoms with Crippen LogP contribution < -0.4 is 5.32 Å². The predicted octanol–water partition coefficient (Wildman–Crippen LogP) is 1.54. The third kappa shape index (κ3) is 5.19. The minimum absolute atomic E-state index is 0.0817. The second-order valence-corrected chi connectivity index (χ2v) is 3.46. The van der Waals surface area contributed by atoms with Crippen molar-refractivity contribution in [3.8, 4) is 0 Å². The third-order valence-corrected chi connectivity index (χ3v) is 2.08. The van der Waals surface area contributed by atoms with Crippen molar-refractivity contribution >= 4 is 11.9 Å². The summed E-state index contributed by atoms with van der Waals surface area (Å²) in [7, 11) is 0. The van der Waals surface area contributed by atoms with Gasteiger partial charge in [0.25, 0.3) is 0 Å². The standard InChI is InChI=1S/C11H15NO4/c13-10(5-1-2-6-11(14)15)12-8-9-4-3-7-16-9/h3-4,7H,1-2,5-6,8H2,(H,12,13)(H,14,15). The normalized spacial score (nSPS) is 10.0. The van der Waals surface area contributed by atoms with Gasteiger partial charge in [-0.25, -0.2) is 0 Å². The maximum absolute atomic E-state index is 11.3. The highest BCUT2D eigenvalue weighted by Gasteiger charge is 2.03. The second-order valence-electron chi connectivity index (χ2n) is 3.46. The van der Waals surface area contributed by atoms with Gasteiger partial charge in [-0.05, 0) is 25.0 Å². The zero-order valence-electron chi connectivity index (χ0n) is 8.94. The summed E-state index contributed by atoms with van der Waals surface area (Å²) in [4.78, 5) is 21.5. The van der Waals surface area contributed by atoms with Gasteiger partial charge in [0.1, 0.15) is 5.76 Å². The lowest BCUT2D eigenvalue weighted by atomic mass is 10.2. The van der Waals surface area contributed by atoms with E-state index in [2.05, 4.69) is 5.32 Å². The van der Waals surface area contributed by atoms with E-state index in [0.29, 0.717) is 31.6 Å². The first-order valence-corrected chi connectivity index (χ1v) is 5.19. The van der Waals surface area contributed by atoms with Crippen LogP contribution in [0.1, 0.15) is 31.4 Å². The van der Waals surface area contributed by atoms with E-state index in [1.54, 1.807) is 18.4 Å². The lowest BCUT2D eigenvalue weighted by Gasteiger charge is -2.02. The number of amides is 1. The van der Waals surface area contributed by atoms with Gasteiger partial charge in [-0.15, -0.1) is 0 Å². The molecule has 2 N–H and O–H groups in total. The topological polar surface area (TPSA) is 79.5 Å². The number of rotatable bonds is 7. The Bertz CT molecular complexity index is 332. The number of carboxylic acids is 1. The van der Waals surface area contributed by atoms with Crippen molar-refractivity contribution in [1.82, 2.24) is 5.32 Å². The molecule has 1 aromatic rings. The predicted molar refractivity (Wildman–Crippen MR) is 56.7 cm³/mol. The molecule has 5 nitrogen and oxygen atoms in total. The van der Waals surface area contributed by atoms with Crippen LogP contribution in [0, 0.1) is 0 Å². The summed E-state index contributed by atoms with van der Waals surface area (Å²) in [5.41, 5.74) is 0. The van der Waals surface area contributed by atoms with Crippen LogP contribution >= 0.6 is 0 Å². The Morgan fingerprint density at radius 2 is 2.06 bits per heavy atom. The van der Waals surface area contributed by atoms with Crippen LogP contribution in [0.25, 0.3) is 0 Å². The molecule has 0 aromatic carbocycles. The van der Waals surface area contributed by atoms with Gasteiger partial charge in [-0.3, -0.25) is 9.59 Å². The van der Waals surface area contributed by atoms with E-state index in [1.165, 1.54) is 0 Å². The number of hydrogen-bond donors (Lipinski definition) is 2. The highest BCUT2D eigenvalue weighted by Crippen LogP contribution is 2.01. The van der Waals surface area contributed by atoms with E-state index < -0.39 is 5.97 Å². The van der Waals surface area contributed by atoms with Crippen LogP contribution in [-0.2, 0) is 16.1 Å². The van der Waals surface area contributed by atoms with E-state index >= 15 is 0 Å². The third-order valence-electron chi connectivity index (χ3n) is 2.08. The Morgan fingerprint density at radius 3 is 2.69 bits per heavy atom. The van der Waals surface area contributed by atoms with Crippen molar-refractivity contribution < 1.29 is 19.1 Å². The molecular formula is C11H15NO4. The molecule has 0 fully saturated rings. The SMILES string of the molecule is O=C(O)CCCCC(=O)NCc1ccco1. The molecule has 16 heavy (non-hydrogen) atoms. The molecule has 0 aliphatic heterocycles. The van der Waals surface area contributed by atoms with E-state index in [9.17, 15) is 9.59 Å². The molecule has 5 heteroatoms. The molecule has 0 saturated carbocycles. The van der Waals surface area contributed by atoms with Crippen molar-refractivity contribution in [2.45, 2.75) is 32.2 Å². The Balaban J connectivity index is 2.05. The van der Waals surface area contributed by atoms with E-state index in [4.69, 9.17) is 9.52 Å². The van der Waals surface area contributed by atoms with Gasteiger partial charge < -0.3 is 14.8 Å². The average Bonchev–Trinajstić information content (AvgIpc) is 2.74. The number of carbonyl (C=O) groups excluding carboxylic acids is 1. The number of aliphatic carboxylic acids is 1. The lowest BCUT2D eigenvalue weighted by molar-refractivity contribution is -0.137. The summed E-state index contributed by atoms with van der Waals surface area (Å²) in [6, 6.07) is 3.54. The highest BCUT2D eigenvalue weighted by molar-refractivity contribution is 5.75. The summed E-state index contributed by atoms with van der Waals surface area (Å²) in [5, 5.41) is 11.1. The number of carbonyl (C=O) groups is 2. The second kappa shape index (κ2) is 6.66. The molecule has 0 unspecified atom stereocenters. The van der Waals surface area contributed by atoms with Crippen molar-refractivity contribution in [3.63, 3.8) is 0 Å². The minimum atomic E-state index is -0.823. The Kier molecular flexibility index (Phi) is 5.11. The molecular weight excluding hydrogens is 210 g/mol. The first-order valence-electron chi connectivity index (χ1n) is 5.19. The molecule has 0 saturated heterocycles. The zero-order valence-corrected chi connectivity index (χ0v) is 8.94. The fraction of sp³-hybridized carbons (Fsp3) is 0.455. The molecule has 0 aliphatic rings. The number of hydrogen-bond acceptors (Lipinski definition) is 3. The van der Waals surface area contributed by atoms with Crippen molar-refractivity contribution in [2.75, 3.05) is 0 Å². The van der Waals surface area contributed by atoms with E-state index in [-0.39, 0.29) is 12.3 Å². The number of nitrogens with one attached hydrogen (secondary N) is 1. The van der Waals surface area contributed by atoms with Crippen LogP contribution in [0.2, 0.25) is 0 Å². The van der Waals surface area contributed by atoms with Crippen LogP contribution in [0.5, 0.6) is 0 Å². The van der Waals surface area contributed by atoms with Crippen LogP contribution in [0.3, 0.4) is 0 Å². The highest BCUT2D eigenvalue weighted by atomic mass is 16.4. The molecule has 88 valence electrons. The van der Waals surface area contributed by atoms with Gasteiger partial charge in [0.2, 0.25) is 5.91 Å². The van der Waals surface area contributed by atoms with Crippen molar-refractivity contribution in [2.24, 2.45) is 0 Å². The molecule has 0 atom stereocenters. The van der Waals surface area contributed by atoms with Gasteiger partial charge in [0.15, 0.2) is 0 Å². The van der Waals surface area contributed by atoms with Gasteiger partial charge in [0, 0.05) is 12.8 Å². The van der Waals surface area contributed by atoms with E-state index in [1.807, 2.05) is 0 Å². The first-order chi connectivity index (χ1) is 7.68. The molecule has 1 rings (SSSR count). The monoisotopic (exact) mass is 225 g/mol. The van der Waals surface area contributed by atoms with E-state index in [0.717, 1.165) is 0 Å². The summed E-state index contributed by atoms with van der Waals surface area (Å²) in [5.74, 6) is -0.198. The summed E-state index contributed by atoms with van der Waals surface area (Å²) in [6.07, 6.45) is 3.15. The molecule has 0 bridgehead atoms. The molecule has 0 radical (unpaired) electrons. The number of furan rings is 1. The van der Waals surface area contributed by atoms with Crippen LogP contribution in [-0.4, -0.2) is 17.0 Å². The Morgan fingerprint density at radius 1 is 1.31 bits per heavy atom. The minimum Gasteiger partial charge on any atom is -0.481 e.